The molecule has 1 N–H and O–H groups in total. The van der Waals surface area contributed by atoms with Crippen molar-refractivity contribution in [1.82, 2.24) is 0 Å². The lowest BCUT2D eigenvalue weighted by Crippen LogP contribution is -2.19. The Kier molecular flexibility index (Phi) is 12.7. The first-order chi connectivity index (χ1) is 13.1. The highest BCUT2D eigenvalue weighted by Gasteiger charge is 2.34. The second-order valence-corrected chi connectivity index (χ2v) is 8.91. The first-order valence-electron chi connectivity index (χ1n) is 9.96. The number of halogens is 1. The minimum atomic E-state index is -0.732. The van der Waals surface area contributed by atoms with Crippen LogP contribution in [0.25, 0.3) is 0 Å². The summed E-state index contributed by atoms with van der Waals surface area (Å²) in [6, 6.07) is 0. The van der Waals surface area contributed by atoms with Gasteiger partial charge in [0, 0.05) is 11.8 Å². The number of rotatable bonds is 10. The average Bonchev–Trinajstić information content (AvgIpc) is 2.96. The summed E-state index contributed by atoms with van der Waals surface area (Å²) < 4.78 is 5.99. The van der Waals surface area contributed by atoms with E-state index in [1.807, 2.05) is 13.0 Å². The minimum Gasteiger partial charge on any atom is -0.498 e. The van der Waals surface area contributed by atoms with E-state index >= 15 is 0 Å². The van der Waals surface area contributed by atoms with E-state index in [9.17, 15) is 4.79 Å². The zero-order valence-electron chi connectivity index (χ0n) is 17.9. The monoisotopic (exact) mass is 408 g/mol. The maximum Gasteiger partial charge on any atom is 0.303 e. The molecule has 0 saturated heterocycles. The Morgan fingerprint density at radius 3 is 2.50 bits per heavy atom. The third-order valence-corrected chi connectivity index (χ3v) is 5.63. The van der Waals surface area contributed by atoms with E-state index in [4.69, 9.17) is 21.4 Å². The smallest absolute Gasteiger partial charge is 0.303 e. The van der Waals surface area contributed by atoms with Crippen LogP contribution in [0.15, 0.2) is 36.1 Å². The molecule has 1 fully saturated rings. The van der Waals surface area contributed by atoms with Crippen LogP contribution in [-0.2, 0) is 9.53 Å². The van der Waals surface area contributed by atoms with E-state index in [1.54, 1.807) is 0 Å². The highest BCUT2D eigenvalue weighted by atomic mass is 35.5. The maximum absolute atomic E-state index is 10.5. The molecule has 0 aromatic rings. The quantitative estimate of drug-likeness (QED) is 0.111. The molecule has 0 heterocycles. The van der Waals surface area contributed by atoms with Crippen LogP contribution in [0.2, 0.25) is 0 Å². The Bertz CT molecular complexity index is 566. The van der Waals surface area contributed by atoms with Gasteiger partial charge in [-0.15, -0.1) is 24.4 Å². The van der Waals surface area contributed by atoms with Crippen molar-refractivity contribution in [2.75, 3.05) is 6.61 Å². The molecule has 4 heteroatoms. The van der Waals surface area contributed by atoms with Crippen molar-refractivity contribution in [2.24, 2.45) is 17.3 Å². The first kappa shape index (κ1) is 26.3. The van der Waals surface area contributed by atoms with Gasteiger partial charge < -0.3 is 9.84 Å². The summed E-state index contributed by atoms with van der Waals surface area (Å²) in [4.78, 5) is 10.5. The molecule has 3 nitrogen and oxygen atoms in total. The number of ether oxygens (including phenoxy) is 1. The van der Waals surface area contributed by atoms with Gasteiger partial charge in [-0.05, 0) is 67.9 Å². The molecule has 0 amide bonds. The Labute approximate surface area is 176 Å². The Morgan fingerprint density at radius 2 is 1.93 bits per heavy atom. The summed E-state index contributed by atoms with van der Waals surface area (Å²) in [6.07, 6.45) is 19.1. The summed E-state index contributed by atoms with van der Waals surface area (Å²) in [7, 11) is 0. The van der Waals surface area contributed by atoms with Crippen molar-refractivity contribution in [3.8, 4) is 12.8 Å². The van der Waals surface area contributed by atoms with Gasteiger partial charge in [0.05, 0.1) is 12.4 Å². The van der Waals surface area contributed by atoms with Crippen molar-refractivity contribution in [3.05, 3.63) is 36.1 Å². The number of carboxylic acids is 1. The number of carboxylic acid groups (broad SMARTS) is 1. The number of allylic oxidation sites excluding steroid dienone is 5. The Balaban J connectivity index is 0.00000352. The van der Waals surface area contributed by atoms with Gasteiger partial charge in [0.2, 0.25) is 0 Å². The topological polar surface area (TPSA) is 46.5 Å². The van der Waals surface area contributed by atoms with Crippen LogP contribution in [-0.4, -0.2) is 23.1 Å². The van der Waals surface area contributed by atoms with Crippen LogP contribution in [0.5, 0.6) is 0 Å². The van der Waals surface area contributed by atoms with Gasteiger partial charge in [0.25, 0.3) is 0 Å². The van der Waals surface area contributed by atoms with Gasteiger partial charge in [0.1, 0.15) is 0 Å². The van der Waals surface area contributed by atoms with E-state index < -0.39 is 5.97 Å². The third-order valence-electron chi connectivity index (χ3n) is 5.09. The molecule has 0 radical (unpaired) electrons. The van der Waals surface area contributed by atoms with E-state index in [1.165, 1.54) is 0 Å². The molecule has 28 heavy (non-hydrogen) atoms. The summed E-state index contributed by atoms with van der Waals surface area (Å²) in [5.74, 6) is 1.06. The molecule has 0 aromatic heterocycles. The zero-order chi connectivity index (χ0) is 21.7. The van der Waals surface area contributed by atoms with E-state index in [2.05, 4.69) is 52.3 Å². The predicted octanol–water partition coefficient (Wildman–Crippen LogP) is 6.59. The fraction of sp³-hybridized carbons (Fsp3) is 0.625. The fourth-order valence-electron chi connectivity index (χ4n) is 3.13. The lowest BCUT2D eigenvalue weighted by molar-refractivity contribution is -0.137. The largest absolute Gasteiger partial charge is 0.498 e. The molecule has 0 spiro atoms. The molecular formula is C24H37ClO3. The molecule has 0 bridgehead atoms. The van der Waals surface area contributed by atoms with Crippen LogP contribution in [0.4, 0.5) is 0 Å². The molecule has 3 atom stereocenters. The Hall–Kier alpha value is -1.66. The van der Waals surface area contributed by atoms with Crippen LogP contribution in [0, 0.1) is 30.1 Å². The molecule has 1 saturated carbocycles. The van der Waals surface area contributed by atoms with Crippen molar-refractivity contribution in [3.63, 3.8) is 0 Å². The molecule has 1 rings (SSSR count). The summed E-state index contributed by atoms with van der Waals surface area (Å²) >= 11 is 6.52. The van der Waals surface area contributed by atoms with Gasteiger partial charge in [-0.25, -0.2) is 0 Å². The van der Waals surface area contributed by atoms with Crippen LogP contribution < -0.4 is 0 Å². The lowest BCUT2D eigenvalue weighted by atomic mass is 9.87. The predicted molar refractivity (Wildman–Crippen MR) is 119 cm³/mol. The number of hydrogen-bond donors (Lipinski definition) is 1. The van der Waals surface area contributed by atoms with Gasteiger partial charge in [-0.2, -0.15) is 0 Å². The summed E-state index contributed by atoms with van der Waals surface area (Å²) in [5.41, 5.74) is 1.12. The molecule has 1 unspecified atom stereocenters. The second-order valence-electron chi connectivity index (χ2n) is 8.35. The highest BCUT2D eigenvalue weighted by Crippen LogP contribution is 2.38. The molecule has 0 aromatic carbocycles. The lowest BCUT2D eigenvalue weighted by Gasteiger charge is -2.22. The van der Waals surface area contributed by atoms with Crippen molar-refractivity contribution >= 4 is 17.6 Å². The molecule has 158 valence electrons. The normalized spacial score (nSPS) is 22.5. The Morgan fingerprint density at radius 1 is 1.29 bits per heavy atom. The number of hydrogen-bond acceptors (Lipinski definition) is 2. The van der Waals surface area contributed by atoms with Crippen LogP contribution >= 0.6 is 11.6 Å². The molecule has 1 aliphatic carbocycles. The SMILES string of the molecule is C#C.C=C(/C=C(\C)OCC1CC[C@@H](Cl)[C@@H]1C/C=C\CCCC(=O)O)C(C)(C)C. The maximum atomic E-state index is 10.5. The van der Waals surface area contributed by atoms with Gasteiger partial charge in [-0.3, -0.25) is 4.79 Å². The highest BCUT2D eigenvalue weighted by molar-refractivity contribution is 6.21. The first-order valence-corrected chi connectivity index (χ1v) is 10.4. The third kappa shape index (κ3) is 10.6. The summed E-state index contributed by atoms with van der Waals surface area (Å²) in [5, 5.41) is 8.84. The van der Waals surface area contributed by atoms with E-state index in [0.29, 0.717) is 24.9 Å². The zero-order valence-corrected chi connectivity index (χ0v) is 18.7. The second kappa shape index (κ2) is 13.5. The van der Waals surface area contributed by atoms with Gasteiger partial charge >= 0.3 is 5.97 Å². The average molecular weight is 409 g/mol. The van der Waals surface area contributed by atoms with Crippen molar-refractivity contribution in [1.29, 1.82) is 0 Å². The number of alkyl halides is 1. The van der Waals surface area contributed by atoms with Gasteiger partial charge in [0.15, 0.2) is 0 Å². The number of unbranched alkanes of at least 4 members (excludes halogenated alkanes) is 1. The number of aliphatic carboxylic acids is 1. The molecule has 1 aliphatic rings. The number of terminal acetylenes is 1. The van der Waals surface area contributed by atoms with Crippen molar-refractivity contribution in [2.45, 2.75) is 71.6 Å². The molecule has 0 aliphatic heterocycles. The standard InChI is InChI=1S/C22H35ClO3.C2H2/c1-16(22(3,4)5)14-17(2)26-15-18-12-13-20(23)19(18)10-8-6-7-9-11-21(24)25;1-2/h6,8,14,18-20H,1,7,9-13,15H2,2-5H3,(H,24,25);1-2H/b8-6-,17-14+;/t18?,19-,20-;/m1./s1. The minimum absolute atomic E-state index is 0.0488. The van der Waals surface area contributed by atoms with E-state index in [0.717, 1.165) is 37.0 Å². The van der Waals surface area contributed by atoms with Crippen molar-refractivity contribution < 1.29 is 14.6 Å². The van der Waals surface area contributed by atoms with E-state index in [-0.39, 0.29) is 17.2 Å². The number of carbonyl (C=O) groups is 1. The van der Waals surface area contributed by atoms with Crippen LogP contribution in [0.1, 0.15) is 66.2 Å². The van der Waals surface area contributed by atoms with Crippen LogP contribution in [0.3, 0.4) is 0 Å². The molecular weight excluding hydrogens is 372 g/mol. The summed E-state index contributed by atoms with van der Waals surface area (Å²) in [6.45, 7) is 13.2. The van der Waals surface area contributed by atoms with Gasteiger partial charge in [-0.1, -0.05) is 39.5 Å². The fourth-order valence-corrected chi connectivity index (χ4v) is 3.56.